The monoisotopic (exact) mass is 885 g/mol. The van der Waals surface area contributed by atoms with E-state index in [2.05, 4.69) is 20.9 Å². The van der Waals surface area contributed by atoms with Crippen molar-refractivity contribution in [3.05, 3.63) is 161 Å². The Labute approximate surface area is 356 Å². The second-order valence-electron chi connectivity index (χ2n) is 15.4. The molecule has 61 heavy (non-hydrogen) atoms. The molecule has 0 bridgehead atoms. The highest BCUT2D eigenvalue weighted by Crippen LogP contribution is 2.63. The Kier molecular flexibility index (Phi) is 9.81. The number of carbonyl (C=O) groups is 2. The third kappa shape index (κ3) is 5.96. The molecule has 1 aliphatic heterocycles. The lowest BCUT2D eigenvalue weighted by Crippen LogP contribution is -2.58. The molecular weight excluding hydrogens is 846 g/mol. The van der Waals surface area contributed by atoms with Gasteiger partial charge in [-0.05, 0) is 41.3 Å². The molecule has 0 saturated heterocycles. The van der Waals surface area contributed by atoms with E-state index in [9.17, 15) is 19.5 Å². The van der Waals surface area contributed by atoms with Crippen molar-refractivity contribution in [2.75, 3.05) is 21.3 Å². The van der Waals surface area contributed by atoms with Crippen LogP contribution in [0, 0.1) is 5.92 Å². The smallest absolute Gasteiger partial charge is 0.347 e. The van der Waals surface area contributed by atoms with E-state index in [-0.39, 0.29) is 60.3 Å². The number of allylic oxidation sites excluding steroid dienone is 4. The van der Waals surface area contributed by atoms with Gasteiger partial charge in [0.2, 0.25) is 0 Å². The summed E-state index contributed by atoms with van der Waals surface area (Å²) in [5.41, 5.74) is 0.138. The molecule has 1 saturated carbocycles. The molecule has 14 nitrogen and oxygen atoms in total. The number of methoxy groups -OCH3 is 3. The topological polar surface area (TPSA) is 166 Å². The first-order valence-corrected chi connectivity index (χ1v) is 20.4. The number of ketones is 2. The highest BCUT2D eigenvalue weighted by atomic mass is 79.9. The first-order chi connectivity index (χ1) is 29.4. The number of halogens is 1. The molecule has 310 valence electrons. The van der Waals surface area contributed by atoms with E-state index in [1.165, 1.54) is 41.3 Å². The molecule has 4 unspecified atom stereocenters. The Hall–Kier alpha value is -6.74. The molecule has 1 N–H and O–H groups in total. The lowest BCUT2D eigenvalue weighted by Gasteiger charge is -2.54. The van der Waals surface area contributed by atoms with E-state index in [1.807, 2.05) is 42.5 Å². The predicted octanol–water partition coefficient (Wildman–Crippen LogP) is 5.25. The van der Waals surface area contributed by atoms with Crippen molar-refractivity contribution in [2.45, 2.75) is 43.3 Å². The van der Waals surface area contributed by atoms with Gasteiger partial charge in [0, 0.05) is 59.6 Å². The summed E-state index contributed by atoms with van der Waals surface area (Å²) in [4.78, 5) is 77.7. The van der Waals surface area contributed by atoms with Crippen LogP contribution in [-0.4, -0.2) is 61.5 Å². The number of aromatic nitrogens is 5. The molecule has 9 rings (SSSR count). The number of ether oxygens (including phenoxy) is 3. The minimum atomic E-state index is -1.58. The number of rotatable bonds is 9. The minimum absolute atomic E-state index is 0.0146. The van der Waals surface area contributed by atoms with Crippen molar-refractivity contribution in [3.8, 4) is 23.0 Å². The fourth-order valence-corrected chi connectivity index (χ4v) is 10.2. The molecule has 4 atom stereocenters. The number of aryl methyl sites for hydroxylation is 2. The van der Waals surface area contributed by atoms with Crippen molar-refractivity contribution in [1.82, 2.24) is 23.5 Å². The summed E-state index contributed by atoms with van der Waals surface area (Å²) >= 11 is 3.58. The van der Waals surface area contributed by atoms with E-state index in [4.69, 9.17) is 14.2 Å². The van der Waals surface area contributed by atoms with Crippen molar-refractivity contribution in [3.63, 3.8) is 0 Å². The highest BCUT2D eigenvalue weighted by molar-refractivity contribution is 9.10. The van der Waals surface area contributed by atoms with Crippen LogP contribution in [0.4, 0.5) is 0 Å². The number of phenols is 1. The number of hydrogen-bond acceptors (Lipinski definition) is 10. The van der Waals surface area contributed by atoms with Crippen LogP contribution in [0.15, 0.2) is 122 Å². The molecule has 2 aliphatic carbocycles. The number of hydrogen-bond donors (Lipinski definition) is 1. The molecule has 1 fully saturated rings. The molecule has 0 radical (unpaired) electrons. The van der Waals surface area contributed by atoms with Gasteiger partial charge < -0.3 is 23.9 Å². The van der Waals surface area contributed by atoms with Crippen molar-refractivity contribution >= 4 is 44.1 Å². The largest absolute Gasteiger partial charge is 0.504 e. The quantitative estimate of drug-likeness (QED) is 0.190. The second-order valence-corrected chi connectivity index (χ2v) is 16.3. The first kappa shape index (κ1) is 39.7. The van der Waals surface area contributed by atoms with Gasteiger partial charge in [-0.3, -0.25) is 14.4 Å². The molecule has 0 spiro atoms. The SMILES string of the molecule is COc1cc2nc(CCn3c(=O)n4n(c3=O)C3CC5C(=O)C(c6ccccc6)=CC(=O)C5(c5ccccc5)C(c5cc(Br)cc(OC)c5O)C3=CC4)c(=O)n(C)c2cc1OC. The normalized spacial score (nSPS) is 20.6. The molecule has 6 aromatic rings. The van der Waals surface area contributed by atoms with Crippen LogP contribution in [0.5, 0.6) is 23.0 Å². The number of phenolic OH excluding ortho intramolecular Hbond substituents is 1. The average molecular weight is 887 g/mol. The van der Waals surface area contributed by atoms with Gasteiger partial charge in [-0.25, -0.2) is 28.5 Å². The van der Waals surface area contributed by atoms with E-state index in [0.29, 0.717) is 49.3 Å². The van der Waals surface area contributed by atoms with Crippen LogP contribution in [0.3, 0.4) is 0 Å². The molecule has 3 heterocycles. The number of fused-ring (bicyclic) bond motifs is 5. The van der Waals surface area contributed by atoms with Crippen LogP contribution in [0.25, 0.3) is 16.6 Å². The number of carbonyl (C=O) groups excluding carboxylic acids is 2. The Morgan fingerprint density at radius 3 is 2.21 bits per heavy atom. The lowest BCUT2D eigenvalue weighted by atomic mass is 9.47. The fraction of sp³-hybridized carbons (Fsp3) is 0.261. The standard InChI is InChI=1S/C46H40BrN5O9/c1-49-35-24-37(60-3)36(59-2)23-33(35)48-32(43(49)56)16-17-50-44(57)51-18-15-28-34(52(51)45(50)58)22-31-41(54)29(25-11-7-5-8-12-25)21-39(53)46(31,26-13-9-6-10-14-26)40(28)30-19-27(47)20-38(61-4)42(30)55/h5-15,19-21,23-24,31,34,40,55H,16-18,22H2,1-4H3. The van der Waals surface area contributed by atoms with Crippen molar-refractivity contribution < 1.29 is 28.9 Å². The summed E-state index contributed by atoms with van der Waals surface area (Å²) in [7, 11) is 6.02. The van der Waals surface area contributed by atoms with Crippen molar-refractivity contribution in [2.24, 2.45) is 13.0 Å². The molecule has 0 amide bonds. The van der Waals surface area contributed by atoms with E-state index in [1.54, 1.807) is 55.6 Å². The number of aromatic hydroxyl groups is 1. The summed E-state index contributed by atoms with van der Waals surface area (Å²) < 4.78 is 22.2. The van der Waals surface area contributed by atoms with Gasteiger partial charge in [0.1, 0.15) is 5.69 Å². The maximum absolute atomic E-state index is 15.3. The third-order valence-electron chi connectivity index (χ3n) is 12.5. The molecule has 15 heteroatoms. The summed E-state index contributed by atoms with van der Waals surface area (Å²) in [6.45, 7) is -0.216. The highest BCUT2D eigenvalue weighted by Gasteiger charge is 2.63. The van der Waals surface area contributed by atoms with Crippen LogP contribution in [0.2, 0.25) is 0 Å². The van der Waals surface area contributed by atoms with Crippen molar-refractivity contribution in [1.29, 1.82) is 0 Å². The summed E-state index contributed by atoms with van der Waals surface area (Å²) in [5, 5.41) is 12.0. The fourth-order valence-electron chi connectivity index (χ4n) is 9.78. The second kappa shape index (κ2) is 15.1. The maximum Gasteiger partial charge on any atom is 0.347 e. The average Bonchev–Trinajstić information content (AvgIpc) is 3.53. The van der Waals surface area contributed by atoms with E-state index >= 15 is 9.59 Å². The van der Waals surface area contributed by atoms with E-state index < -0.39 is 40.2 Å². The molecule has 2 aromatic heterocycles. The van der Waals surface area contributed by atoms with Gasteiger partial charge in [-0.2, -0.15) is 0 Å². The van der Waals surface area contributed by atoms with Gasteiger partial charge in [0.25, 0.3) is 5.56 Å². The Morgan fingerprint density at radius 1 is 0.852 bits per heavy atom. The summed E-state index contributed by atoms with van der Waals surface area (Å²) in [5.74, 6) is -1.93. The number of Topliss-reactive ketones (excluding diaryl/α,β-unsaturated/α-hetero) is 1. The van der Waals surface area contributed by atoms with E-state index in [0.717, 1.165) is 4.57 Å². The van der Waals surface area contributed by atoms with Crippen LogP contribution < -0.4 is 31.1 Å². The Bertz CT molecular complexity index is 3060. The zero-order valence-electron chi connectivity index (χ0n) is 33.6. The zero-order chi connectivity index (χ0) is 42.9. The first-order valence-electron chi connectivity index (χ1n) is 19.7. The number of benzene rings is 4. The molecule has 3 aliphatic rings. The van der Waals surface area contributed by atoms with Crippen LogP contribution in [0.1, 0.15) is 40.8 Å². The van der Waals surface area contributed by atoms with Gasteiger partial charge in [-0.15, -0.1) is 0 Å². The minimum Gasteiger partial charge on any atom is -0.504 e. The summed E-state index contributed by atoms with van der Waals surface area (Å²) in [6, 6.07) is 23.8. The third-order valence-corrected chi connectivity index (χ3v) is 13.0. The molecule has 4 aromatic carbocycles. The van der Waals surface area contributed by atoms with Gasteiger partial charge in [-0.1, -0.05) is 82.7 Å². The predicted molar refractivity (Wildman–Crippen MR) is 230 cm³/mol. The van der Waals surface area contributed by atoms with Gasteiger partial charge in [0.15, 0.2) is 34.6 Å². The van der Waals surface area contributed by atoms with Gasteiger partial charge in [0.05, 0.1) is 50.4 Å². The number of nitrogens with zero attached hydrogens (tertiary/aromatic N) is 5. The zero-order valence-corrected chi connectivity index (χ0v) is 35.2. The maximum atomic E-state index is 15.3. The summed E-state index contributed by atoms with van der Waals surface area (Å²) in [6.07, 6.45) is 3.18. The molecular formula is C46H40BrN5O9. The Balaban J connectivity index is 1.21. The van der Waals surface area contributed by atoms with Crippen LogP contribution >= 0.6 is 15.9 Å². The van der Waals surface area contributed by atoms with Crippen LogP contribution in [-0.2, 0) is 41.6 Å². The van der Waals surface area contributed by atoms with Gasteiger partial charge >= 0.3 is 11.4 Å². The lowest BCUT2D eigenvalue weighted by molar-refractivity contribution is -0.133. The Morgan fingerprint density at radius 2 is 1.52 bits per heavy atom.